The molecule has 0 heterocycles. The van der Waals surface area contributed by atoms with Crippen molar-refractivity contribution < 1.29 is 15.1 Å². The van der Waals surface area contributed by atoms with Gasteiger partial charge in [-0.3, -0.25) is 0 Å². The van der Waals surface area contributed by atoms with E-state index in [9.17, 15) is 4.79 Å². The van der Waals surface area contributed by atoms with Gasteiger partial charge in [0.25, 0.3) is 0 Å². The molecule has 68 valence electrons. The summed E-state index contributed by atoms with van der Waals surface area (Å²) < 4.78 is 0. The Balaban J connectivity index is 3.07. The first-order chi connectivity index (χ1) is 6.15. The summed E-state index contributed by atoms with van der Waals surface area (Å²) in [5.41, 5.74) is 1.06. The maximum atomic E-state index is 10.5. The number of oxime groups is 1. The van der Waals surface area contributed by atoms with Gasteiger partial charge >= 0.3 is 5.97 Å². The molecule has 4 nitrogen and oxygen atoms in total. The predicted molar refractivity (Wildman–Crippen MR) is 47.1 cm³/mol. The molecule has 2 N–H and O–H groups in total. The summed E-state index contributed by atoms with van der Waals surface area (Å²) in [6.07, 6.45) is 0. The van der Waals surface area contributed by atoms with Gasteiger partial charge in [-0.25, -0.2) is 4.79 Å². The zero-order valence-corrected chi connectivity index (χ0v) is 7.06. The molecule has 0 atom stereocenters. The van der Waals surface area contributed by atoms with E-state index in [1.54, 1.807) is 24.3 Å². The van der Waals surface area contributed by atoms with Crippen LogP contribution in [-0.4, -0.2) is 22.0 Å². The molecule has 1 aromatic carbocycles. The molecule has 0 spiro atoms. The van der Waals surface area contributed by atoms with Gasteiger partial charge in [0, 0.05) is 5.56 Å². The molecule has 0 amide bonds. The Hall–Kier alpha value is -1.84. The molecule has 0 saturated carbocycles. The monoisotopic (exact) mass is 179 g/mol. The molecule has 0 aliphatic rings. The lowest BCUT2D eigenvalue weighted by molar-refractivity contribution is -0.129. The van der Waals surface area contributed by atoms with Gasteiger partial charge < -0.3 is 10.3 Å². The van der Waals surface area contributed by atoms with Crippen molar-refractivity contribution in [2.24, 2.45) is 5.16 Å². The van der Waals surface area contributed by atoms with Gasteiger partial charge in [0.15, 0.2) is 5.71 Å². The quantitative estimate of drug-likeness (QED) is 0.408. The Morgan fingerprint density at radius 2 is 1.85 bits per heavy atom. The summed E-state index contributed by atoms with van der Waals surface area (Å²) in [5.74, 6) is -1.24. The Morgan fingerprint density at radius 3 is 2.23 bits per heavy atom. The van der Waals surface area contributed by atoms with Gasteiger partial charge in [0.05, 0.1) is 0 Å². The maximum Gasteiger partial charge on any atom is 0.358 e. The number of hydrogen-bond acceptors (Lipinski definition) is 3. The third-order valence-electron chi connectivity index (χ3n) is 1.63. The molecule has 0 fully saturated rings. The molecule has 4 heteroatoms. The van der Waals surface area contributed by atoms with Crippen molar-refractivity contribution in [3.63, 3.8) is 0 Å². The zero-order chi connectivity index (χ0) is 9.84. The van der Waals surface area contributed by atoms with E-state index in [1.807, 2.05) is 6.92 Å². The van der Waals surface area contributed by atoms with Crippen LogP contribution < -0.4 is 0 Å². The van der Waals surface area contributed by atoms with Crippen LogP contribution >= 0.6 is 0 Å². The second kappa shape index (κ2) is 3.71. The smallest absolute Gasteiger partial charge is 0.358 e. The van der Waals surface area contributed by atoms with Gasteiger partial charge in [0.1, 0.15) is 0 Å². The fourth-order valence-electron chi connectivity index (χ4n) is 0.935. The van der Waals surface area contributed by atoms with Crippen LogP contribution in [0.1, 0.15) is 11.1 Å². The van der Waals surface area contributed by atoms with Crippen LogP contribution in [0.25, 0.3) is 0 Å². The van der Waals surface area contributed by atoms with Crippen molar-refractivity contribution in [2.45, 2.75) is 6.92 Å². The van der Waals surface area contributed by atoms with Gasteiger partial charge in [-0.2, -0.15) is 0 Å². The maximum absolute atomic E-state index is 10.5. The number of carbonyl (C=O) groups is 1. The Kier molecular flexibility index (Phi) is 2.64. The fraction of sp³-hybridized carbons (Fsp3) is 0.111. The van der Waals surface area contributed by atoms with E-state index in [2.05, 4.69) is 5.16 Å². The number of nitrogens with zero attached hydrogens (tertiary/aromatic N) is 1. The topological polar surface area (TPSA) is 69.9 Å². The molecule has 0 saturated heterocycles. The summed E-state index contributed by atoms with van der Waals surface area (Å²) in [6, 6.07) is 6.70. The van der Waals surface area contributed by atoms with Gasteiger partial charge in [-0.15, -0.1) is 0 Å². The highest BCUT2D eigenvalue weighted by Crippen LogP contribution is 2.04. The first-order valence-electron chi connectivity index (χ1n) is 3.67. The lowest BCUT2D eigenvalue weighted by atomic mass is 10.1. The van der Waals surface area contributed by atoms with Crippen LogP contribution in [0.3, 0.4) is 0 Å². The van der Waals surface area contributed by atoms with E-state index in [-0.39, 0.29) is 5.71 Å². The third-order valence-corrected chi connectivity index (χ3v) is 1.63. The standard InChI is InChI=1S/C9H9NO3/c1-6-2-4-7(5-3-6)8(10-13)9(11)12/h2-5,13H,1H3,(H,11,12). The number of carboxylic acid groups (broad SMARTS) is 1. The molecular weight excluding hydrogens is 170 g/mol. The molecular formula is C9H9NO3. The van der Waals surface area contributed by atoms with Crippen LogP contribution in [0.2, 0.25) is 0 Å². The van der Waals surface area contributed by atoms with E-state index in [1.165, 1.54) is 0 Å². The minimum atomic E-state index is -1.24. The molecule has 13 heavy (non-hydrogen) atoms. The molecule has 0 bridgehead atoms. The number of hydrogen-bond donors (Lipinski definition) is 2. The largest absolute Gasteiger partial charge is 0.476 e. The zero-order valence-electron chi connectivity index (χ0n) is 7.06. The van der Waals surface area contributed by atoms with Gasteiger partial charge in [-0.05, 0) is 6.92 Å². The number of benzene rings is 1. The second-order valence-electron chi connectivity index (χ2n) is 2.62. The van der Waals surface area contributed by atoms with Crippen LogP contribution in [0.4, 0.5) is 0 Å². The van der Waals surface area contributed by atoms with Crippen LogP contribution in [-0.2, 0) is 4.79 Å². The van der Waals surface area contributed by atoms with Crippen LogP contribution in [0.5, 0.6) is 0 Å². The van der Waals surface area contributed by atoms with E-state index in [0.29, 0.717) is 5.56 Å². The van der Waals surface area contributed by atoms with Gasteiger partial charge in [0.2, 0.25) is 0 Å². The number of aryl methyl sites for hydroxylation is 1. The SMILES string of the molecule is Cc1ccc(C(=NO)C(=O)O)cc1. The van der Waals surface area contributed by atoms with Crippen molar-refractivity contribution in [3.05, 3.63) is 35.4 Å². The first-order valence-corrected chi connectivity index (χ1v) is 3.67. The van der Waals surface area contributed by atoms with Crippen molar-refractivity contribution in [3.8, 4) is 0 Å². The molecule has 0 aliphatic heterocycles. The highest BCUT2D eigenvalue weighted by Gasteiger charge is 2.11. The first kappa shape index (κ1) is 9.25. The lowest BCUT2D eigenvalue weighted by Crippen LogP contribution is -2.14. The van der Waals surface area contributed by atoms with Crippen molar-refractivity contribution in [1.82, 2.24) is 0 Å². The lowest BCUT2D eigenvalue weighted by Gasteiger charge is -1.98. The van der Waals surface area contributed by atoms with Crippen molar-refractivity contribution >= 4 is 11.7 Å². The molecule has 1 aromatic rings. The van der Waals surface area contributed by atoms with Gasteiger partial charge in [-0.1, -0.05) is 35.0 Å². The van der Waals surface area contributed by atoms with Crippen LogP contribution in [0, 0.1) is 6.92 Å². The summed E-state index contributed by atoms with van der Waals surface area (Å²) in [6.45, 7) is 1.89. The predicted octanol–water partition coefficient (Wildman–Crippen LogP) is 1.26. The third kappa shape index (κ3) is 2.05. The number of aliphatic carboxylic acids is 1. The Bertz CT molecular complexity index is 340. The van der Waals surface area contributed by atoms with E-state index < -0.39 is 5.97 Å². The Morgan fingerprint density at radius 1 is 1.31 bits per heavy atom. The summed E-state index contributed by atoms with van der Waals surface area (Å²) in [7, 11) is 0. The molecule has 0 aliphatic carbocycles. The minimum Gasteiger partial charge on any atom is -0.476 e. The highest BCUT2D eigenvalue weighted by molar-refractivity contribution is 6.42. The van der Waals surface area contributed by atoms with E-state index >= 15 is 0 Å². The fourth-order valence-corrected chi connectivity index (χ4v) is 0.935. The molecule has 0 radical (unpaired) electrons. The van der Waals surface area contributed by atoms with Crippen molar-refractivity contribution in [2.75, 3.05) is 0 Å². The summed E-state index contributed by atoms with van der Waals surface area (Å²) in [4.78, 5) is 10.5. The highest BCUT2D eigenvalue weighted by atomic mass is 16.4. The molecule has 0 unspecified atom stereocenters. The summed E-state index contributed by atoms with van der Waals surface area (Å²) in [5, 5.41) is 19.7. The average molecular weight is 179 g/mol. The molecule has 1 rings (SSSR count). The number of rotatable bonds is 2. The minimum absolute atomic E-state index is 0.347. The van der Waals surface area contributed by atoms with E-state index in [4.69, 9.17) is 10.3 Å². The normalized spacial score (nSPS) is 11.3. The Labute approximate surface area is 75.1 Å². The second-order valence-corrected chi connectivity index (χ2v) is 2.62. The average Bonchev–Trinajstić information content (AvgIpc) is 2.09. The number of carboxylic acids is 1. The van der Waals surface area contributed by atoms with Crippen molar-refractivity contribution in [1.29, 1.82) is 0 Å². The van der Waals surface area contributed by atoms with E-state index in [0.717, 1.165) is 5.56 Å². The molecule has 0 aromatic heterocycles. The summed E-state index contributed by atoms with van der Waals surface area (Å²) >= 11 is 0. The van der Waals surface area contributed by atoms with Crippen LogP contribution in [0.15, 0.2) is 29.4 Å².